The highest BCUT2D eigenvalue weighted by Crippen LogP contribution is 2.21. The summed E-state index contributed by atoms with van der Waals surface area (Å²) in [6, 6.07) is 9.11. The molecule has 0 atom stereocenters. The molecule has 1 heterocycles. The fraction of sp³-hybridized carbons (Fsp3) is 0.357. The number of amides is 2. The predicted octanol–water partition coefficient (Wildman–Crippen LogP) is 1.66. The summed E-state index contributed by atoms with van der Waals surface area (Å²) in [7, 11) is 0. The Morgan fingerprint density at radius 2 is 2.05 bits per heavy atom. The first-order valence-electron chi connectivity index (χ1n) is 6.22. The topological polar surface area (TPSA) is 83.0 Å². The van der Waals surface area contributed by atoms with Crippen molar-refractivity contribution in [2.45, 2.75) is 25.9 Å². The van der Waals surface area contributed by atoms with E-state index in [0.717, 1.165) is 10.5 Å². The molecule has 0 aromatic heterocycles. The summed E-state index contributed by atoms with van der Waals surface area (Å²) in [6.45, 7) is 3.56. The SMILES string of the molecule is CC1(C)CN(C(=O)C(Cc2ccccc2)=[N+]=[N-])C(=O)O1. The van der Waals surface area contributed by atoms with E-state index in [1.807, 2.05) is 30.3 Å². The van der Waals surface area contributed by atoms with Gasteiger partial charge in [0.05, 0.1) is 13.0 Å². The lowest BCUT2D eigenvalue weighted by Gasteiger charge is -2.13. The molecule has 0 spiro atoms. The fourth-order valence-electron chi connectivity index (χ4n) is 2.02. The Hall–Kier alpha value is -2.46. The van der Waals surface area contributed by atoms with E-state index < -0.39 is 17.6 Å². The lowest BCUT2D eigenvalue weighted by atomic mass is 10.1. The highest BCUT2D eigenvalue weighted by atomic mass is 16.6. The van der Waals surface area contributed by atoms with Crippen LogP contribution in [-0.2, 0) is 16.0 Å². The number of carbonyl (C=O) groups is 2. The molecule has 0 radical (unpaired) electrons. The van der Waals surface area contributed by atoms with Crippen LogP contribution in [0.1, 0.15) is 19.4 Å². The van der Waals surface area contributed by atoms with Gasteiger partial charge in [-0.15, -0.1) is 0 Å². The molecule has 20 heavy (non-hydrogen) atoms. The molecule has 1 aromatic carbocycles. The van der Waals surface area contributed by atoms with Crippen LogP contribution in [0.15, 0.2) is 30.3 Å². The van der Waals surface area contributed by atoms with E-state index in [-0.39, 0.29) is 18.7 Å². The third-order valence-corrected chi connectivity index (χ3v) is 2.95. The smallest absolute Gasteiger partial charge is 0.417 e. The first-order valence-corrected chi connectivity index (χ1v) is 6.22. The highest BCUT2D eigenvalue weighted by molar-refractivity contribution is 6.39. The summed E-state index contributed by atoms with van der Waals surface area (Å²) in [5.41, 5.74) is 9.03. The zero-order chi connectivity index (χ0) is 14.8. The van der Waals surface area contributed by atoms with E-state index >= 15 is 0 Å². The lowest BCUT2D eigenvalue weighted by Crippen LogP contribution is -2.40. The van der Waals surface area contributed by atoms with Gasteiger partial charge in [-0.25, -0.2) is 9.69 Å². The molecular formula is C14H15N3O3. The Bertz CT molecular complexity index is 589. The van der Waals surface area contributed by atoms with Crippen molar-refractivity contribution in [2.75, 3.05) is 6.54 Å². The van der Waals surface area contributed by atoms with Gasteiger partial charge in [0.2, 0.25) is 0 Å². The van der Waals surface area contributed by atoms with Gasteiger partial charge in [0.1, 0.15) is 5.60 Å². The van der Waals surface area contributed by atoms with Crippen LogP contribution in [0, 0.1) is 0 Å². The number of cyclic esters (lactones) is 1. The number of benzene rings is 1. The van der Waals surface area contributed by atoms with Gasteiger partial charge in [0.15, 0.2) is 0 Å². The van der Waals surface area contributed by atoms with Crippen molar-refractivity contribution in [3.05, 3.63) is 41.4 Å². The van der Waals surface area contributed by atoms with Crippen molar-refractivity contribution in [1.82, 2.24) is 4.90 Å². The van der Waals surface area contributed by atoms with E-state index in [4.69, 9.17) is 10.3 Å². The molecule has 1 aromatic rings. The van der Waals surface area contributed by atoms with E-state index in [9.17, 15) is 9.59 Å². The number of rotatable bonds is 3. The van der Waals surface area contributed by atoms with Crippen molar-refractivity contribution in [3.63, 3.8) is 0 Å². The average Bonchev–Trinajstić information content (AvgIpc) is 2.69. The summed E-state index contributed by atoms with van der Waals surface area (Å²) >= 11 is 0. The number of hydrogen-bond acceptors (Lipinski definition) is 3. The van der Waals surface area contributed by atoms with Crippen LogP contribution in [0.25, 0.3) is 5.53 Å². The molecular weight excluding hydrogens is 258 g/mol. The number of carbonyl (C=O) groups excluding carboxylic acids is 2. The maximum atomic E-state index is 12.2. The molecule has 6 nitrogen and oxygen atoms in total. The van der Waals surface area contributed by atoms with E-state index in [1.54, 1.807) is 13.8 Å². The molecule has 104 valence electrons. The quantitative estimate of drug-likeness (QED) is 0.477. The minimum atomic E-state index is -0.722. The van der Waals surface area contributed by atoms with Crippen LogP contribution >= 0.6 is 0 Å². The van der Waals surface area contributed by atoms with Crippen LogP contribution in [0.3, 0.4) is 0 Å². The van der Waals surface area contributed by atoms with Crippen molar-refractivity contribution in [2.24, 2.45) is 0 Å². The molecule has 0 saturated carbocycles. The monoisotopic (exact) mass is 273 g/mol. The van der Waals surface area contributed by atoms with Gasteiger partial charge in [-0.3, -0.25) is 4.79 Å². The Balaban J connectivity index is 2.15. The molecule has 1 aliphatic rings. The third-order valence-electron chi connectivity index (χ3n) is 2.95. The van der Waals surface area contributed by atoms with Crippen LogP contribution in [-0.4, -0.2) is 39.5 Å². The van der Waals surface area contributed by atoms with E-state index in [2.05, 4.69) is 4.79 Å². The van der Waals surface area contributed by atoms with Gasteiger partial charge < -0.3 is 10.3 Å². The third kappa shape index (κ3) is 2.92. The molecule has 2 amide bonds. The minimum Gasteiger partial charge on any atom is -0.441 e. The molecule has 1 fully saturated rings. The van der Waals surface area contributed by atoms with Gasteiger partial charge in [-0.2, -0.15) is 4.79 Å². The summed E-state index contributed by atoms with van der Waals surface area (Å²) < 4.78 is 5.06. The molecule has 2 rings (SSSR count). The maximum Gasteiger partial charge on any atom is 0.417 e. The Morgan fingerprint density at radius 1 is 1.40 bits per heavy atom. The van der Waals surface area contributed by atoms with Gasteiger partial charge in [0, 0.05) is 0 Å². The second-order valence-electron chi connectivity index (χ2n) is 5.23. The number of hydrogen-bond donors (Lipinski definition) is 0. The number of imide groups is 1. The van der Waals surface area contributed by atoms with Crippen molar-refractivity contribution in [3.8, 4) is 0 Å². The van der Waals surface area contributed by atoms with E-state index in [1.165, 1.54) is 0 Å². The van der Waals surface area contributed by atoms with Gasteiger partial charge in [-0.1, -0.05) is 30.3 Å². The van der Waals surface area contributed by atoms with Crippen LogP contribution in [0.4, 0.5) is 4.79 Å². The summed E-state index contributed by atoms with van der Waals surface area (Å²) in [4.78, 5) is 27.8. The zero-order valence-electron chi connectivity index (χ0n) is 11.4. The first-order chi connectivity index (χ1) is 9.43. The lowest BCUT2D eigenvalue weighted by molar-refractivity contribution is -0.125. The second-order valence-corrected chi connectivity index (χ2v) is 5.23. The van der Waals surface area contributed by atoms with Gasteiger partial charge in [0.25, 0.3) is 0 Å². The summed E-state index contributed by atoms with van der Waals surface area (Å²) in [5.74, 6) is -0.632. The Morgan fingerprint density at radius 3 is 2.55 bits per heavy atom. The largest absolute Gasteiger partial charge is 0.441 e. The van der Waals surface area contributed by atoms with Crippen LogP contribution in [0.2, 0.25) is 0 Å². The molecule has 6 heteroatoms. The number of ether oxygens (including phenoxy) is 1. The maximum absolute atomic E-state index is 12.2. The molecule has 0 aliphatic carbocycles. The summed E-state index contributed by atoms with van der Waals surface area (Å²) in [5, 5.41) is 0. The van der Waals surface area contributed by atoms with E-state index in [0.29, 0.717) is 0 Å². The predicted molar refractivity (Wildman–Crippen MR) is 71.0 cm³/mol. The van der Waals surface area contributed by atoms with Crippen molar-refractivity contribution in [1.29, 1.82) is 0 Å². The normalized spacial score (nSPS) is 16.5. The molecule has 1 saturated heterocycles. The van der Waals surface area contributed by atoms with Gasteiger partial charge >= 0.3 is 17.7 Å². The minimum absolute atomic E-state index is 0.0918. The fourth-order valence-corrected chi connectivity index (χ4v) is 2.02. The molecule has 0 N–H and O–H groups in total. The molecule has 0 bridgehead atoms. The highest BCUT2D eigenvalue weighted by Gasteiger charge is 2.44. The van der Waals surface area contributed by atoms with Crippen LogP contribution < -0.4 is 0 Å². The number of nitrogens with zero attached hydrogens (tertiary/aromatic N) is 3. The van der Waals surface area contributed by atoms with Gasteiger partial charge in [-0.05, 0) is 19.4 Å². The standard InChI is InChI=1S/C14H15N3O3/c1-14(2)9-17(13(19)20-14)12(18)11(16-15)8-10-6-4-3-5-7-10/h3-7H,8-9H2,1-2H3. The second kappa shape index (κ2) is 5.27. The average molecular weight is 273 g/mol. The first kappa shape index (κ1) is 14.0. The van der Waals surface area contributed by atoms with Crippen LogP contribution in [0.5, 0.6) is 0 Å². The summed E-state index contributed by atoms with van der Waals surface area (Å²) in [6.07, 6.45) is -0.561. The van der Waals surface area contributed by atoms with Crippen molar-refractivity contribution >= 4 is 17.7 Å². The Kier molecular flexibility index (Phi) is 3.68. The van der Waals surface area contributed by atoms with Crippen molar-refractivity contribution < 1.29 is 19.1 Å². The molecule has 0 unspecified atom stereocenters. The zero-order valence-corrected chi connectivity index (χ0v) is 11.4. The Labute approximate surface area is 116 Å². The molecule has 1 aliphatic heterocycles.